The standard InChI is InChI=1S/C10H19NO2.C2H6/c1-8-4-6-11(7-5-8)9(12)10(2,3)13;1-2/h8,13H,4-7H2,1-3H3;1-2H3. The van der Waals surface area contributed by atoms with E-state index in [0.717, 1.165) is 25.9 Å². The van der Waals surface area contributed by atoms with Gasteiger partial charge < -0.3 is 10.0 Å². The van der Waals surface area contributed by atoms with Gasteiger partial charge in [0, 0.05) is 13.1 Å². The van der Waals surface area contributed by atoms with Gasteiger partial charge in [-0.3, -0.25) is 4.79 Å². The molecule has 1 amide bonds. The highest BCUT2D eigenvalue weighted by atomic mass is 16.3. The summed E-state index contributed by atoms with van der Waals surface area (Å²) in [5.41, 5.74) is -1.21. The van der Waals surface area contributed by atoms with Gasteiger partial charge >= 0.3 is 0 Å². The van der Waals surface area contributed by atoms with Crippen LogP contribution in [0.15, 0.2) is 0 Å². The molecule has 1 heterocycles. The Balaban J connectivity index is 0.000000921. The first-order chi connectivity index (χ1) is 6.91. The normalized spacial score (nSPS) is 18.1. The van der Waals surface area contributed by atoms with Gasteiger partial charge in [0.2, 0.25) is 0 Å². The molecule has 1 N–H and O–H groups in total. The average molecular weight is 215 g/mol. The molecule has 0 aromatic carbocycles. The zero-order chi connectivity index (χ0) is 12.1. The zero-order valence-electron chi connectivity index (χ0n) is 10.7. The number of carbonyl (C=O) groups is 1. The Morgan fingerprint density at radius 2 is 1.67 bits per heavy atom. The largest absolute Gasteiger partial charge is 0.381 e. The van der Waals surface area contributed by atoms with Gasteiger partial charge in [-0.05, 0) is 32.6 Å². The summed E-state index contributed by atoms with van der Waals surface area (Å²) in [7, 11) is 0. The van der Waals surface area contributed by atoms with E-state index in [-0.39, 0.29) is 5.91 Å². The van der Waals surface area contributed by atoms with E-state index in [4.69, 9.17) is 0 Å². The molecular weight excluding hydrogens is 190 g/mol. The second kappa shape index (κ2) is 6.11. The fourth-order valence-corrected chi connectivity index (χ4v) is 1.60. The topological polar surface area (TPSA) is 40.5 Å². The molecule has 1 rings (SSSR count). The highest BCUT2D eigenvalue weighted by Crippen LogP contribution is 2.18. The number of piperidine rings is 1. The van der Waals surface area contributed by atoms with Crippen LogP contribution in [0.5, 0.6) is 0 Å². The summed E-state index contributed by atoms with van der Waals surface area (Å²) in [5, 5.41) is 9.51. The van der Waals surface area contributed by atoms with Gasteiger partial charge in [-0.1, -0.05) is 20.8 Å². The molecule has 0 unspecified atom stereocenters. The number of carbonyl (C=O) groups excluding carboxylic acids is 1. The van der Waals surface area contributed by atoms with Crippen molar-refractivity contribution in [2.45, 2.75) is 53.1 Å². The van der Waals surface area contributed by atoms with Crippen molar-refractivity contribution < 1.29 is 9.90 Å². The van der Waals surface area contributed by atoms with E-state index in [0.29, 0.717) is 5.92 Å². The van der Waals surface area contributed by atoms with Gasteiger partial charge in [-0.2, -0.15) is 0 Å². The minimum Gasteiger partial charge on any atom is -0.381 e. The summed E-state index contributed by atoms with van der Waals surface area (Å²) in [6, 6.07) is 0. The first kappa shape index (κ1) is 14.4. The Bertz CT molecular complexity index is 188. The zero-order valence-corrected chi connectivity index (χ0v) is 10.7. The molecule has 0 atom stereocenters. The van der Waals surface area contributed by atoms with E-state index in [2.05, 4.69) is 6.92 Å². The quantitative estimate of drug-likeness (QED) is 0.727. The third-order valence-corrected chi connectivity index (χ3v) is 2.59. The minimum absolute atomic E-state index is 0.139. The summed E-state index contributed by atoms with van der Waals surface area (Å²) >= 11 is 0. The number of nitrogens with zero attached hydrogens (tertiary/aromatic N) is 1. The van der Waals surface area contributed by atoms with Gasteiger partial charge in [0.15, 0.2) is 0 Å². The Labute approximate surface area is 93.5 Å². The smallest absolute Gasteiger partial charge is 0.253 e. The lowest BCUT2D eigenvalue weighted by atomic mass is 9.97. The van der Waals surface area contributed by atoms with E-state index in [1.807, 2.05) is 13.8 Å². The molecule has 1 aliphatic heterocycles. The van der Waals surface area contributed by atoms with Gasteiger partial charge in [0.1, 0.15) is 5.60 Å². The molecule has 1 saturated heterocycles. The van der Waals surface area contributed by atoms with Crippen LogP contribution in [-0.2, 0) is 4.79 Å². The van der Waals surface area contributed by atoms with Crippen LogP contribution in [0.1, 0.15) is 47.5 Å². The molecule has 1 fully saturated rings. The molecule has 90 valence electrons. The van der Waals surface area contributed by atoms with Crippen LogP contribution in [0.2, 0.25) is 0 Å². The van der Waals surface area contributed by atoms with Crippen LogP contribution >= 0.6 is 0 Å². The van der Waals surface area contributed by atoms with Crippen LogP contribution in [0.4, 0.5) is 0 Å². The fourth-order valence-electron chi connectivity index (χ4n) is 1.60. The molecule has 0 spiro atoms. The third-order valence-electron chi connectivity index (χ3n) is 2.59. The highest BCUT2D eigenvalue weighted by molar-refractivity contribution is 5.84. The molecule has 0 bridgehead atoms. The second-order valence-electron chi connectivity index (χ2n) is 4.53. The Morgan fingerprint density at radius 3 is 2.00 bits per heavy atom. The van der Waals surface area contributed by atoms with Crippen molar-refractivity contribution in [1.82, 2.24) is 4.90 Å². The van der Waals surface area contributed by atoms with Crippen LogP contribution in [0.25, 0.3) is 0 Å². The maximum absolute atomic E-state index is 11.6. The maximum atomic E-state index is 11.6. The third kappa shape index (κ3) is 4.65. The monoisotopic (exact) mass is 215 g/mol. The summed E-state index contributed by atoms with van der Waals surface area (Å²) in [5.74, 6) is 0.574. The van der Waals surface area contributed by atoms with E-state index in [9.17, 15) is 9.90 Å². The Kier molecular flexibility index (Phi) is 5.88. The number of hydrogen-bond acceptors (Lipinski definition) is 2. The highest BCUT2D eigenvalue weighted by Gasteiger charge is 2.30. The van der Waals surface area contributed by atoms with Gasteiger partial charge in [0.05, 0.1) is 0 Å². The first-order valence-corrected chi connectivity index (χ1v) is 5.93. The molecule has 3 nitrogen and oxygen atoms in total. The van der Waals surface area contributed by atoms with Crippen LogP contribution in [0.3, 0.4) is 0 Å². The summed E-state index contributed by atoms with van der Waals surface area (Å²) < 4.78 is 0. The van der Waals surface area contributed by atoms with Crippen molar-refractivity contribution in [2.24, 2.45) is 5.92 Å². The van der Waals surface area contributed by atoms with Gasteiger partial charge in [0.25, 0.3) is 5.91 Å². The van der Waals surface area contributed by atoms with E-state index < -0.39 is 5.60 Å². The van der Waals surface area contributed by atoms with Gasteiger partial charge in [-0.15, -0.1) is 0 Å². The first-order valence-electron chi connectivity index (χ1n) is 5.93. The number of amides is 1. The average Bonchev–Trinajstić information content (AvgIpc) is 2.20. The number of likely N-dealkylation sites (tertiary alicyclic amines) is 1. The summed E-state index contributed by atoms with van der Waals surface area (Å²) in [4.78, 5) is 13.4. The van der Waals surface area contributed by atoms with Crippen molar-refractivity contribution in [3.8, 4) is 0 Å². The Hall–Kier alpha value is -0.570. The number of aliphatic hydroxyl groups is 1. The molecule has 0 saturated carbocycles. The molecule has 0 aliphatic carbocycles. The maximum Gasteiger partial charge on any atom is 0.253 e. The Morgan fingerprint density at radius 1 is 1.27 bits per heavy atom. The predicted molar refractivity (Wildman–Crippen MR) is 62.6 cm³/mol. The molecule has 0 radical (unpaired) electrons. The van der Waals surface area contributed by atoms with Crippen molar-refractivity contribution in [3.63, 3.8) is 0 Å². The second-order valence-corrected chi connectivity index (χ2v) is 4.53. The lowest BCUT2D eigenvalue weighted by Crippen LogP contribution is -2.48. The minimum atomic E-state index is -1.21. The fraction of sp³-hybridized carbons (Fsp3) is 0.917. The number of hydrogen-bond donors (Lipinski definition) is 1. The lowest BCUT2D eigenvalue weighted by Gasteiger charge is -2.33. The lowest BCUT2D eigenvalue weighted by molar-refractivity contribution is -0.149. The van der Waals surface area contributed by atoms with Gasteiger partial charge in [-0.25, -0.2) is 0 Å². The molecule has 15 heavy (non-hydrogen) atoms. The van der Waals surface area contributed by atoms with E-state index in [1.165, 1.54) is 0 Å². The van der Waals surface area contributed by atoms with Crippen molar-refractivity contribution in [2.75, 3.05) is 13.1 Å². The van der Waals surface area contributed by atoms with E-state index in [1.54, 1.807) is 18.7 Å². The van der Waals surface area contributed by atoms with Crippen LogP contribution in [-0.4, -0.2) is 34.6 Å². The van der Waals surface area contributed by atoms with Crippen LogP contribution < -0.4 is 0 Å². The van der Waals surface area contributed by atoms with E-state index >= 15 is 0 Å². The SMILES string of the molecule is CC.CC1CCN(C(=O)C(C)(C)O)CC1. The van der Waals surface area contributed by atoms with Crippen molar-refractivity contribution >= 4 is 5.91 Å². The number of rotatable bonds is 1. The summed E-state index contributed by atoms with van der Waals surface area (Å²) in [6.45, 7) is 10.9. The molecule has 0 aromatic rings. The van der Waals surface area contributed by atoms with Crippen molar-refractivity contribution in [3.05, 3.63) is 0 Å². The predicted octanol–water partition coefficient (Wildman–Crippen LogP) is 2.04. The molecule has 3 heteroatoms. The van der Waals surface area contributed by atoms with Crippen molar-refractivity contribution in [1.29, 1.82) is 0 Å². The summed E-state index contributed by atoms with van der Waals surface area (Å²) in [6.07, 6.45) is 2.11. The molecular formula is C12H25NO2. The molecule has 1 aliphatic rings. The molecule has 0 aromatic heterocycles. The van der Waals surface area contributed by atoms with Crippen LogP contribution in [0, 0.1) is 5.92 Å².